The average Bonchev–Trinajstić information content (AvgIpc) is 3.33. The second-order valence-electron chi connectivity index (χ2n) is 10.0. The van der Waals surface area contributed by atoms with Crippen molar-refractivity contribution in [1.29, 1.82) is 0 Å². The fourth-order valence-corrected chi connectivity index (χ4v) is 6.15. The number of methoxy groups -OCH3 is 1. The number of fused-ring (bicyclic) bond motifs is 2. The molecule has 0 spiro atoms. The summed E-state index contributed by atoms with van der Waals surface area (Å²) in [5, 5.41) is 2.85. The van der Waals surface area contributed by atoms with Gasteiger partial charge in [-0.1, -0.05) is 19.9 Å². The molecule has 2 aliphatic rings. The van der Waals surface area contributed by atoms with Crippen LogP contribution in [0, 0.1) is 5.92 Å². The molecular formula is C29H30N4O5S. The van der Waals surface area contributed by atoms with Gasteiger partial charge in [-0.3, -0.25) is 9.59 Å². The summed E-state index contributed by atoms with van der Waals surface area (Å²) in [6.07, 6.45) is 0.709. The molecular weight excluding hydrogens is 516 g/mol. The van der Waals surface area contributed by atoms with Gasteiger partial charge in [0.25, 0.3) is 21.8 Å². The van der Waals surface area contributed by atoms with E-state index in [9.17, 15) is 18.0 Å². The van der Waals surface area contributed by atoms with E-state index in [2.05, 4.69) is 9.71 Å². The van der Waals surface area contributed by atoms with Gasteiger partial charge >= 0.3 is 0 Å². The summed E-state index contributed by atoms with van der Waals surface area (Å²) >= 11 is 0. The molecule has 0 saturated carbocycles. The molecule has 0 saturated heterocycles. The Morgan fingerprint density at radius 1 is 1.00 bits per heavy atom. The fourth-order valence-electron chi connectivity index (χ4n) is 4.89. The molecule has 3 aromatic carbocycles. The van der Waals surface area contributed by atoms with Crippen LogP contribution in [0.3, 0.4) is 0 Å². The Kier molecular flexibility index (Phi) is 6.90. The summed E-state index contributed by atoms with van der Waals surface area (Å²) in [6.45, 7) is 6.89. The Morgan fingerprint density at radius 3 is 2.41 bits per heavy atom. The zero-order chi connectivity index (χ0) is 27.9. The van der Waals surface area contributed by atoms with Gasteiger partial charge in [-0.2, -0.15) is 8.42 Å². The Hall–Kier alpha value is -4.18. The first-order valence-electron chi connectivity index (χ1n) is 12.7. The zero-order valence-corrected chi connectivity index (χ0v) is 23.1. The highest BCUT2D eigenvalue weighted by atomic mass is 32.2. The standard InChI is InChI=1S/C29H30N4O5S/c1-18(2)17-33-19(3)31-39(36,37)27-15-22(8-12-25(27)33)28(34)30-23-9-5-20-13-14-32(26(20)16-23)29(35)21-6-10-24(38-4)11-7-21/h5-12,15-16,18H,13-14,17H2,1-4H3,(H,30,34). The van der Waals surface area contributed by atoms with E-state index in [0.29, 0.717) is 48.0 Å². The van der Waals surface area contributed by atoms with Gasteiger partial charge in [-0.05, 0) is 79.4 Å². The Bertz CT molecular complexity index is 1600. The van der Waals surface area contributed by atoms with Crippen molar-refractivity contribution >= 4 is 44.7 Å². The number of amidine groups is 1. The number of nitrogens with one attached hydrogen (secondary N) is 1. The number of rotatable bonds is 6. The van der Waals surface area contributed by atoms with E-state index < -0.39 is 15.9 Å². The van der Waals surface area contributed by atoms with Crippen LogP contribution in [0.2, 0.25) is 0 Å². The van der Waals surface area contributed by atoms with Gasteiger partial charge in [0.1, 0.15) is 16.5 Å². The second kappa shape index (κ2) is 10.2. The minimum absolute atomic E-state index is 0.00613. The van der Waals surface area contributed by atoms with Crippen LogP contribution in [0.4, 0.5) is 17.1 Å². The summed E-state index contributed by atoms with van der Waals surface area (Å²) in [5.41, 5.74) is 3.49. The van der Waals surface area contributed by atoms with E-state index in [1.54, 1.807) is 67.5 Å². The number of hydrogen-bond donors (Lipinski definition) is 1. The number of ether oxygens (including phenoxy) is 1. The van der Waals surface area contributed by atoms with Crippen molar-refractivity contribution < 1.29 is 22.7 Å². The molecule has 10 heteroatoms. The van der Waals surface area contributed by atoms with E-state index >= 15 is 0 Å². The molecule has 9 nitrogen and oxygen atoms in total. The number of amides is 2. The highest BCUT2D eigenvalue weighted by Crippen LogP contribution is 2.35. The lowest BCUT2D eigenvalue weighted by Crippen LogP contribution is -2.36. The molecule has 0 fully saturated rings. The lowest BCUT2D eigenvalue weighted by atomic mass is 10.1. The van der Waals surface area contributed by atoms with Crippen molar-refractivity contribution in [1.82, 2.24) is 0 Å². The smallest absolute Gasteiger partial charge is 0.286 e. The van der Waals surface area contributed by atoms with Gasteiger partial charge in [-0.15, -0.1) is 4.40 Å². The van der Waals surface area contributed by atoms with Crippen molar-refractivity contribution in [3.63, 3.8) is 0 Å². The minimum atomic E-state index is -3.93. The topological polar surface area (TPSA) is 108 Å². The van der Waals surface area contributed by atoms with Crippen molar-refractivity contribution in [3.05, 3.63) is 77.4 Å². The first kappa shape index (κ1) is 26.4. The maximum atomic E-state index is 13.2. The molecule has 2 amide bonds. The van der Waals surface area contributed by atoms with Gasteiger partial charge in [0.15, 0.2) is 0 Å². The first-order chi connectivity index (χ1) is 18.6. The van der Waals surface area contributed by atoms with E-state index in [0.717, 1.165) is 11.3 Å². The van der Waals surface area contributed by atoms with Crippen LogP contribution in [0.5, 0.6) is 5.75 Å². The third-order valence-electron chi connectivity index (χ3n) is 6.80. The molecule has 39 heavy (non-hydrogen) atoms. The largest absolute Gasteiger partial charge is 0.497 e. The number of nitrogens with zero attached hydrogens (tertiary/aromatic N) is 3. The van der Waals surface area contributed by atoms with Crippen LogP contribution < -0.4 is 19.9 Å². The number of hydrogen-bond acceptors (Lipinski definition) is 6. The van der Waals surface area contributed by atoms with Gasteiger partial charge in [0.05, 0.1) is 12.8 Å². The quantitative estimate of drug-likeness (QED) is 0.479. The summed E-state index contributed by atoms with van der Waals surface area (Å²) < 4.78 is 34.8. The summed E-state index contributed by atoms with van der Waals surface area (Å²) in [6, 6.07) is 17.0. The van der Waals surface area contributed by atoms with Gasteiger partial charge < -0.3 is 19.9 Å². The third kappa shape index (κ3) is 5.12. The van der Waals surface area contributed by atoms with Crippen molar-refractivity contribution in [3.8, 4) is 5.75 Å². The summed E-state index contributed by atoms with van der Waals surface area (Å²) in [5.74, 6) is 0.758. The van der Waals surface area contributed by atoms with Gasteiger partial charge in [0.2, 0.25) is 0 Å². The molecule has 3 aromatic rings. The van der Waals surface area contributed by atoms with E-state index in [4.69, 9.17) is 4.74 Å². The van der Waals surface area contributed by atoms with E-state index in [-0.39, 0.29) is 22.3 Å². The van der Waals surface area contributed by atoms with Gasteiger partial charge in [-0.25, -0.2) is 0 Å². The maximum Gasteiger partial charge on any atom is 0.286 e. The molecule has 0 radical (unpaired) electrons. The van der Waals surface area contributed by atoms with Crippen LogP contribution in [0.15, 0.2) is 70.0 Å². The van der Waals surface area contributed by atoms with Gasteiger partial charge in [0, 0.05) is 35.6 Å². The Balaban J connectivity index is 1.39. The molecule has 0 aromatic heterocycles. The highest BCUT2D eigenvalue weighted by Gasteiger charge is 2.31. The number of carbonyl (C=O) groups excluding carboxylic acids is 2. The predicted molar refractivity (Wildman–Crippen MR) is 152 cm³/mol. The SMILES string of the molecule is COc1ccc(C(=O)N2CCc3ccc(NC(=O)c4ccc5c(c4)S(=O)(=O)N=C(C)N5CC(C)C)cc32)cc1. The molecule has 0 atom stereocenters. The summed E-state index contributed by atoms with van der Waals surface area (Å²) in [7, 11) is -2.36. The molecule has 0 unspecified atom stereocenters. The van der Waals surface area contributed by atoms with Crippen molar-refractivity contribution in [2.75, 3.05) is 35.3 Å². The Morgan fingerprint density at radius 2 is 1.72 bits per heavy atom. The third-order valence-corrected chi connectivity index (χ3v) is 8.19. The molecule has 0 aliphatic carbocycles. The van der Waals surface area contributed by atoms with Crippen LogP contribution >= 0.6 is 0 Å². The first-order valence-corrected chi connectivity index (χ1v) is 14.1. The van der Waals surface area contributed by atoms with Crippen molar-refractivity contribution in [2.45, 2.75) is 32.1 Å². The zero-order valence-electron chi connectivity index (χ0n) is 22.3. The lowest BCUT2D eigenvalue weighted by molar-refractivity contribution is 0.0988. The highest BCUT2D eigenvalue weighted by molar-refractivity contribution is 7.90. The monoisotopic (exact) mass is 546 g/mol. The van der Waals surface area contributed by atoms with E-state index in [1.165, 1.54) is 6.07 Å². The Labute approximate surface area is 228 Å². The molecule has 5 rings (SSSR count). The number of sulfonamides is 1. The lowest BCUT2D eigenvalue weighted by Gasteiger charge is -2.30. The minimum Gasteiger partial charge on any atom is -0.497 e. The second-order valence-corrected chi connectivity index (χ2v) is 11.6. The van der Waals surface area contributed by atoms with E-state index in [1.807, 2.05) is 24.8 Å². The predicted octanol–water partition coefficient (Wildman–Crippen LogP) is 4.73. The molecule has 2 aliphatic heterocycles. The molecule has 1 N–H and O–H groups in total. The average molecular weight is 547 g/mol. The molecule has 202 valence electrons. The van der Waals surface area contributed by atoms with Crippen LogP contribution in [0.25, 0.3) is 0 Å². The fraction of sp³-hybridized carbons (Fsp3) is 0.276. The maximum absolute atomic E-state index is 13.2. The van der Waals surface area contributed by atoms with Crippen LogP contribution in [0.1, 0.15) is 47.1 Å². The normalized spacial score (nSPS) is 15.5. The number of benzene rings is 3. The number of carbonyl (C=O) groups is 2. The van der Waals surface area contributed by atoms with Crippen LogP contribution in [-0.4, -0.2) is 46.3 Å². The van der Waals surface area contributed by atoms with Crippen LogP contribution in [-0.2, 0) is 16.4 Å². The summed E-state index contributed by atoms with van der Waals surface area (Å²) in [4.78, 5) is 29.9. The van der Waals surface area contributed by atoms with Crippen molar-refractivity contribution in [2.24, 2.45) is 10.3 Å². The number of anilines is 3. The molecule has 2 heterocycles. The molecule has 0 bridgehead atoms.